The van der Waals surface area contributed by atoms with Crippen LogP contribution in [0.2, 0.25) is 0 Å². The monoisotopic (exact) mass is 760 g/mol. The highest BCUT2D eigenvalue weighted by Crippen LogP contribution is 2.52. The van der Waals surface area contributed by atoms with Crippen LogP contribution in [-0.4, -0.2) is 0 Å². The van der Waals surface area contributed by atoms with Crippen molar-refractivity contribution in [1.29, 1.82) is 0 Å². The summed E-state index contributed by atoms with van der Waals surface area (Å²) in [6.45, 7) is 4.73. The Labute approximate surface area is 349 Å². The topological polar surface area (TPSA) is 6.48 Å². The summed E-state index contributed by atoms with van der Waals surface area (Å²) in [5.41, 5.74) is 17.0. The van der Waals surface area contributed by atoms with Crippen LogP contribution in [0.15, 0.2) is 218 Å². The van der Waals surface area contributed by atoms with Crippen molar-refractivity contribution in [3.63, 3.8) is 0 Å². The van der Waals surface area contributed by atoms with Crippen molar-refractivity contribution in [2.24, 2.45) is 0 Å². The second kappa shape index (κ2) is 15.1. The van der Waals surface area contributed by atoms with Gasteiger partial charge in [0.25, 0.3) is 0 Å². The molecule has 2 aliphatic carbocycles. The molecule has 0 heterocycles. The normalized spacial score (nSPS) is 16.2. The maximum Gasteiger partial charge on any atom is 0.0540 e. The summed E-state index contributed by atoms with van der Waals surface area (Å²) in [4.78, 5) is 4.80. The molecule has 0 amide bonds. The van der Waals surface area contributed by atoms with Gasteiger partial charge in [-0.15, -0.1) is 0 Å². The molecule has 8 aromatic rings. The first-order valence-corrected chi connectivity index (χ1v) is 21.0. The van der Waals surface area contributed by atoms with E-state index in [4.69, 9.17) is 0 Å². The highest BCUT2D eigenvalue weighted by Gasteiger charge is 2.36. The third kappa shape index (κ3) is 6.46. The Morgan fingerprint density at radius 2 is 0.898 bits per heavy atom. The van der Waals surface area contributed by atoms with Crippen LogP contribution in [0.25, 0.3) is 22.3 Å². The summed E-state index contributed by atoms with van der Waals surface area (Å²) in [5, 5.41) is 0. The Balaban J connectivity index is 1.07. The molecule has 1 unspecified atom stereocenters. The van der Waals surface area contributed by atoms with E-state index >= 15 is 0 Å². The van der Waals surface area contributed by atoms with Crippen LogP contribution in [0.5, 0.6) is 0 Å². The highest BCUT2D eigenvalue weighted by molar-refractivity contribution is 5.90. The predicted octanol–water partition coefficient (Wildman–Crippen LogP) is 15.6. The minimum absolute atomic E-state index is 0.106. The van der Waals surface area contributed by atoms with Gasteiger partial charge in [0.2, 0.25) is 0 Å². The number of allylic oxidation sites excluding steroid dienone is 2. The van der Waals surface area contributed by atoms with E-state index in [-0.39, 0.29) is 10.8 Å². The van der Waals surface area contributed by atoms with Gasteiger partial charge in [-0.2, -0.15) is 0 Å². The minimum atomic E-state index is -0.226. The van der Waals surface area contributed by atoms with E-state index in [9.17, 15) is 0 Å². The number of fused-ring (bicyclic) bond motifs is 3. The Morgan fingerprint density at radius 1 is 0.407 bits per heavy atom. The molecule has 1 atom stereocenters. The van der Waals surface area contributed by atoms with Gasteiger partial charge in [-0.25, -0.2) is 0 Å². The summed E-state index contributed by atoms with van der Waals surface area (Å²) < 4.78 is 0. The van der Waals surface area contributed by atoms with Crippen LogP contribution in [0.4, 0.5) is 34.1 Å². The molecule has 8 aromatic carbocycles. The number of hydrogen-bond donors (Lipinski definition) is 0. The summed E-state index contributed by atoms with van der Waals surface area (Å²) in [5.74, 6) is 0. The lowest BCUT2D eigenvalue weighted by atomic mass is 9.69. The molecule has 59 heavy (non-hydrogen) atoms. The van der Waals surface area contributed by atoms with Crippen LogP contribution in [-0.2, 0) is 10.8 Å². The van der Waals surface area contributed by atoms with Gasteiger partial charge in [-0.05, 0) is 125 Å². The van der Waals surface area contributed by atoms with E-state index in [1.54, 1.807) is 0 Å². The van der Waals surface area contributed by atoms with Gasteiger partial charge >= 0.3 is 0 Å². The molecule has 2 aliphatic rings. The van der Waals surface area contributed by atoms with Crippen LogP contribution >= 0.6 is 0 Å². The fraction of sp³-hybridized carbons (Fsp3) is 0.123. The zero-order valence-corrected chi connectivity index (χ0v) is 33.8. The van der Waals surface area contributed by atoms with Crippen molar-refractivity contribution < 1.29 is 0 Å². The second-order valence-corrected chi connectivity index (χ2v) is 16.5. The minimum Gasteiger partial charge on any atom is -0.311 e. The number of anilines is 6. The molecule has 2 heteroatoms. The van der Waals surface area contributed by atoms with E-state index in [2.05, 4.69) is 242 Å². The molecule has 286 valence electrons. The Morgan fingerprint density at radius 3 is 1.51 bits per heavy atom. The summed E-state index contributed by atoms with van der Waals surface area (Å²) in [6, 6.07) is 75.6. The summed E-state index contributed by atoms with van der Waals surface area (Å²) in [6.07, 6.45) is 8.16. The fourth-order valence-corrected chi connectivity index (χ4v) is 9.72. The molecule has 0 spiro atoms. The predicted molar refractivity (Wildman–Crippen MR) is 249 cm³/mol. The number of benzene rings is 8. The largest absolute Gasteiger partial charge is 0.311 e. The molecule has 0 saturated heterocycles. The molecule has 0 radical (unpaired) electrons. The standard InChI is InChI=1S/C57H48N2/c1-56(2)53-27-15-13-26-51(53)52-38-37-49(41-54(52)56)59(55-28-16-14-25-50(55)42-19-7-3-8-20-42)48-35-31-44(32-36-48)57(39-17-6-18-40-57)43-29-33-47(34-30-43)58(45-21-9-4-10-22-45)46-23-11-5-12-24-46/h3-5,7-17,19-39,41H,6,18,40H2,1-2H3. The van der Waals surface area contributed by atoms with Gasteiger partial charge in [-0.3, -0.25) is 0 Å². The maximum atomic E-state index is 2.47. The van der Waals surface area contributed by atoms with Gasteiger partial charge in [0.15, 0.2) is 0 Å². The number of hydrogen-bond acceptors (Lipinski definition) is 2. The quantitative estimate of drug-likeness (QED) is 0.135. The van der Waals surface area contributed by atoms with E-state index < -0.39 is 0 Å². The molecule has 2 nitrogen and oxygen atoms in total. The molecule has 0 bridgehead atoms. The van der Waals surface area contributed by atoms with Crippen LogP contribution in [0.3, 0.4) is 0 Å². The van der Waals surface area contributed by atoms with Crippen molar-refractivity contribution in [3.8, 4) is 22.3 Å². The first kappa shape index (κ1) is 36.4. The third-order valence-electron chi connectivity index (χ3n) is 12.7. The fourth-order valence-electron chi connectivity index (χ4n) is 9.72. The smallest absolute Gasteiger partial charge is 0.0540 e. The van der Waals surface area contributed by atoms with Crippen LogP contribution < -0.4 is 9.80 Å². The van der Waals surface area contributed by atoms with Gasteiger partial charge in [0.1, 0.15) is 0 Å². The Kier molecular flexibility index (Phi) is 9.34. The van der Waals surface area contributed by atoms with Crippen molar-refractivity contribution in [3.05, 3.63) is 241 Å². The Bertz CT molecular complexity index is 2710. The average Bonchev–Trinajstić information content (AvgIpc) is 3.53. The summed E-state index contributed by atoms with van der Waals surface area (Å²) >= 11 is 0. The zero-order valence-electron chi connectivity index (χ0n) is 33.8. The van der Waals surface area contributed by atoms with Gasteiger partial charge < -0.3 is 9.80 Å². The first-order valence-electron chi connectivity index (χ1n) is 21.0. The highest BCUT2D eigenvalue weighted by atomic mass is 15.1. The number of nitrogens with zero attached hydrogens (tertiary/aromatic N) is 2. The second-order valence-electron chi connectivity index (χ2n) is 16.5. The Hall–Kier alpha value is -6.90. The molecule has 0 aromatic heterocycles. The number of para-hydroxylation sites is 3. The van der Waals surface area contributed by atoms with Gasteiger partial charge in [0.05, 0.1) is 5.69 Å². The zero-order chi connectivity index (χ0) is 39.8. The molecule has 0 saturated carbocycles. The SMILES string of the molecule is CC1(C)c2ccccc2-c2ccc(N(c3ccc(C4(c5ccc(N(c6ccccc6)c6ccccc6)cc5)C=CCCC4)cc3)c3ccccc3-c3ccccc3)cc21. The number of rotatable bonds is 9. The average molecular weight is 761 g/mol. The van der Waals surface area contributed by atoms with Crippen molar-refractivity contribution in [1.82, 2.24) is 0 Å². The lowest BCUT2D eigenvalue weighted by Gasteiger charge is -2.36. The van der Waals surface area contributed by atoms with E-state index in [1.165, 1.54) is 44.5 Å². The van der Waals surface area contributed by atoms with Crippen molar-refractivity contribution >= 4 is 34.1 Å². The maximum absolute atomic E-state index is 2.47. The molecule has 0 N–H and O–H groups in total. The van der Waals surface area contributed by atoms with Crippen LogP contribution in [0, 0.1) is 0 Å². The molecule has 10 rings (SSSR count). The van der Waals surface area contributed by atoms with E-state index in [0.717, 1.165) is 53.4 Å². The van der Waals surface area contributed by atoms with Gasteiger partial charge in [0, 0.05) is 44.8 Å². The van der Waals surface area contributed by atoms with E-state index in [0.29, 0.717) is 0 Å². The van der Waals surface area contributed by atoms with Crippen LogP contribution in [0.1, 0.15) is 55.4 Å². The lowest BCUT2D eigenvalue weighted by molar-refractivity contribution is 0.530. The third-order valence-corrected chi connectivity index (χ3v) is 12.7. The molecular weight excluding hydrogens is 713 g/mol. The van der Waals surface area contributed by atoms with Crippen molar-refractivity contribution in [2.45, 2.75) is 43.9 Å². The summed E-state index contributed by atoms with van der Waals surface area (Å²) in [7, 11) is 0. The van der Waals surface area contributed by atoms with Crippen molar-refractivity contribution in [2.75, 3.05) is 9.80 Å². The lowest BCUT2D eigenvalue weighted by Crippen LogP contribution is -2.27. The molecule has 0 aliphatic heterocycles. The molecular formula is C57H48N2. The first-order chi connectivity index (χ1) is 29.0. The van der Waals surface area contributed by atoms with E-state index in [1.807, 2.05) is 0 Å². The van der Waals surface area contributed by atoms with Gasteiger partial charge in [-0.1, -0.05) is 166 Å². The molecule has 0 fully saturated rings.